The second-order valence-electron chi connectivity index (χ2n) is 4.52. The van der Waals surface area contributed by atoms with Gasteiger partial charge in [-0.1, -0.05) is 11.6 Å². The Balaban J connectivity index is 2.26. The molecule has 2 unspecified atom stereocenters. The van der Waals surface area contributed by atoms with Crippen molar-refractivity contribution in [3.8, 4) is 0 Å². The lowest BCUT2D eigenvalue weighted by Gasteiger charge is -2.30. The van der Waals surface area contributed by atoms with Crippen molar-refractivity contribution in [2.75, 3.05) is 18.6 Å². The van der Waals surface area contributed by atoms with E-state index in [1.165, 1.54) is 0 Å². The van der Waals surface area contributed by atoms with Gasteiger partial charge in [-0.3, -0.25) is 0 Å². The average Bonchev–Trinajstić information content (AvgIpc) is 2.74. The van der Waals surface area contributed by atoms with E-state index < -0.39 is 0 Å². The third-order valence-corrected chi connectivity index (χ3v) is 3.71. The Morgan fingerprint density at radius 3 is 2.88 bits per heavy atom. The fourth-order valence-corrected chi connectivity index (χ4v) is 2.66. The highest BCUT2D eigenvalue weighted by Gasteiger charge is 2.28. The topological polar surface area (TPSA) is 38.5 Å². The number of halogens is 1. The monoisotopic (exact) mass is 254 g/mol. The Bertz CT molecular complexity index is 397. The van der Waals surface area contributed by atoms with Gasteiger partial charge in [-0.15, -0.1) is 0 Å². The van der Waals surface area contributed by atoms with Gasteiger partial charge in [0.2, 0.25) is 0 Å². The molecule has 3 nitrogen and oxygen atoms in total. The van der Waals surface area contributed by atoms with Crippen LogP contribution >= 0.6 is 11.6 Å². The van der Waals surface area contributed by atoms with Gasteiger partial charge in [0.1, 0.15) is 0 Å². The standard InChI is InChI=1S/C13H19ClN2O/c1-9-12(5-6-17-9)16(2)13-4-3-11(14)7-10(13)8-15/h3-4,7,9,12H,5-6,8,15H2,1-2H3. The molecule has 0 amide bonds. The number of nitrogens with zero attached hydrogens (tertiary/aromatic N) is 1. The van der Waals surface area contributed by atoms with Gasteiger partial charge in [0.25, 0.3) is 0 Å². The number of hydrogen-bond donors (Lipinski definition) is 1. The second-order valence-corrected chi connectivity index (χ2v) is 4.96. The molecule has 1 aromatic rings. The highest BCUT2D eigenvalue weighted by molar-refractivity contribution is 6.30. The molecule has 4 heteroatoms. The van der Waals surface area contributed by atoms with Gasteiger partial charge < -0.3 is 15.4 Å². The van der Waals surface area contributed by atoms with E-state index in [4.69, 9.17) is 22.1 Å². The van der Waals surface area contributed by atoms with Crippen LogP contribution in [0.5, 0.6) is 0 Å². The summed E-state index contributed by atoms with van der Waals surface area (Å²) in [6, 6.07) is 6.30. The largest absolute Gasteiger partial charge is 0.376 e. The van der Waals surface area contributed by atoms with Crippen molar-refractivity contribution in [3.63, 3.8) is 0 Å². The molecule has 1 aromatic carbocycles. The van der Waals surface area contributed by atoms with Crippen molar-refractivity contribution < 1.29 is 4.74 Å². The summed E-state index contributed by atoms with van der Waals surface area (Å²) in [5.74, 6) is 0. The van der Waals surface area contributed by atoms with Crippen LogP contribution in [0.4, 0.5) is 5.69 Å². The molecule has 0 spiro atoms. The summed E-state index contributed by atoms with van der Waals surface area (Å²) in [4.78, 5) is 2.26. The molecule has 1 saturated heterocycles. The smallest absolute Gasteiger partial charge is 0.0750 e. The van der Waals surface area contributed by atoms with Gasteiger partial charge in [0, 0.05) is 30.9 Å². The number of ether oxygens (including phenoxy) is 1. The summed E-state index contributed by atoms with van der Waals surface area (Å²) in [5, 5.41) is 0.735. The Labute approximate surface area is 107 Å². The minimum Gasteiger partial charge on any atom is -0.376 e. The molecule has 17 heavy (non-hydrogen) atoms. The third-order valence-electron chi connectivity index (χ3n) is 3.48. The molecular weight excluding hydrogens is 236 g/mol. The van der Waals surface area contributed by atoms with Gasteiger partial charge in [0.05, 0.1) is 12.1 Å². The fraction of sp³-hybridized carbons (Fsp3) is 0.538. The predicted octanol–water partition coefficient (Wildman–Crippen LogP) is 2.41. The minimum atomic E-state index is 0.265. The highest BCUT2D eigenvalue weighted by Crippen LogP contribution is 2.28. The Hall–Kier alpha value is -0.770. The van der Waals surface area contributed by atoms with Crippen LogP contribution in [0.25, 0.3) is 0 Å². The lowest BCUT2D eigenvalue weighted by molar-refractivity contribution is 0.118. The van der Waals surface area contributed by atoms with E-state index in [-0.39, 0.29) is 6.10 Å². The summed E-state index contributed by atoms with van der Waals surface area (Å²) in [6.07, 6.45) is 1.32. The summed E-state index contributed by atoms with van der Waals surface area (Å²) in [7, 11) is 2.10. The Morgan fingerprint density at radius 2 is 2.29 bits per heavy atom. The van der Waals surface area contributed by atoms with Crippen molar-refractivity contribution in [2.45, 2.75) is 32.0 Å². The van der Waals surface area contributed by atoms with Crippen LogP contribution in [0.1, 0.15) is 18.9 Å². The average molecular weight is 255 g/mol. The summed E-state index contributed by atoms with van der Waals surface area (Å²) in [5.41, 5.74) is 8.01. The summed E-state index contributed by atoms with van der Waals surface area (Å²) < 4.78 is 5.61. The van der Waals surface area contributed by atoms with Crippen molar-refractivity contribution in [3.05, 3.63) is 28.8 Å². The molecule has 0 radical (unpaired) electrons. The zero-order valence-corrected chi connectivity index (χ0v) is 11.1. The van der Waals surface area contributed by atoms with Crippen LogP contribution in [0.15, 0.2) is 18.2 Å². The van der Waals surface area contributed by atoms with Gasteiger partial charge in [-0.2, -0.15) is 0 Å². The quantitative estimate of drug-likeness (QED) is 0.900. The lowest BCUT2D eigenvalue weighted by atomic mass is 10.1. The van der Waals surface area contributed by atoms with Crippen LogP contribution < -0.4 is 10.6 Å². The van der Waals surface area contributed by atoms with Crippen LogP contribution in [-0.2, 0) is 11.3 Å². The first-order valence-electron chi connectivity index (χ1n) is 5.96. The van der Waals surface area contributed by atoms with Gasteiger partial charge in [-0.25, -0.2) is 0 Å². The Morgan fingerprint density at radius 1 is 1.53 bits per heavy atom. The van der Waals surface area contributed by atoms with Crippen molar-refractivity contribution in [2.24, 2.45) is 5.73 Å². The van der Waals surface area contributed by atoms with E-state index in [0.29, 0.717) is 12.6 Å². The third kappa shape index (κ3) is 2.57. The van der Waals surface area contributed by atoms with Crippen LogP contribution in [0.2, 0.25) is 5.02 Å². The van der Waals surface area contributed by atoms with E-state index in [2.05, 4.69) is 18.9 Å². The lowest BCUT2D eigenvalue weighted by Crippen LogP contribution is -2.37. The maximum atomic E-state index is 5.99. The maximum Gasteiger partial charge on any atom is 0.0750 e. The molecule has 1 aliphatic heterocycles. The SMILES string of the molecule is CC1OCCC1N(C)c1ccc(Cl)cc1CN. The number of benzene rings is 1. The molecule has 94 valence electrons. The first kappa shape index (κ1) is 12.7. The van der Waals surface area contributed by atoms with Crippen molar-refractivity contribution >= 4 is 17.3 Å². The summed E-state index contributed by atoms with van der Waals surface area (Å²) in [6.45, 7) is 3.45. The van der Waals surface area contributed by atoms with Crippen LogP contribution in [0.3, 0.4) is 0 Å². The highest BCUT2D eigenvalue weighted by atomic mass is 35.5. The first-order valence-corrected chi connectivity index (χ1v) is 6.34. The van der Waals surface area contributed by atoms with Gasteiger partial charge in [0.15, 0.2) is 0 Å². The van der Waals surface area contributed by atoms with E-state index in [1.807, 2.05) is 18.2 Å². The number of nitrogens with two attached hydrogens (primary N) is 1. The van der Waals surface area contributed by atoms with Crippen molar-refractivity contribution in [1.29, 1.82) is 0 Å². The molecule has 0 aliphatic carbocycles. The molecular formula is C13H19ClN2O. The molecule has 0 aromatic heterocycles. The molecule has 0 saturated carbocycles. The number of likely N-dealkylation sites (N-methyl/N-ethyl adjacent to an activating group) is 1. The predicted molar refractivity (Wildman–Crippen MR) is 71.6 cm³/mol. The van der Waals surface area contributed by atoms with E-state index in [1.54, 1.807) is 0 Å². The molecule has 1 aliphatic rings. The Kier molecular flexibility index (Phi) is 3.92. The zero-order chi connectivity index (χ0) is 12.4. The zero-order valence-electron chi connectivity index (χ0n) is 10.3. The second kappa shape index (κ2) is 5.25. The fourth-order valence-electron chi connectivity index (χ4n) is 2.47. The van der Waals surface area contributed by atoms with Crippen LogP contribution in [0, 0.1) is 0 Å². The molecule has 0 bridgehead atoms. The number of rotatable bonds is 3. The van der Waals surface area contributed by atoms with Gasteiger partial charge in [-0.05, 0) is 37.1 Å². The van der Waals surface area contributed by atoms with E-state index in [9.17, 15) is 0 Å². The van der Waals surface area contributed by atoms with E-state index in [0.717, 1.165) is 29.3 Å². The summed E-state index contributed by atoms with van der Waals surface area (Å²) >= 11 is 5.99. The maximum absolute atomic E-state index is 5.99. The van der Waals surface area contributed by atoms with Crippen molar-refractivity contribution in [1.82, 2.24) is 0 Å². The molecule has 1 heterocycles. The molecule has 2 rings (SSSR count). The minimum absolute atomic E-state index is 0.265. The molecule has 1 fully saturated rings. The van der Waals surface area contributed by atoms with E-state index >= 15 is 0 Å². The first-order chi connectivity index (χ1) is 8.13. The van der Waals surface area contributed by atoms with Crippen LogP contribution in [-0.4, -0.2) is 25.8 Å². The number of hydrogen-bond acceptors (Lipinski definition) is 3. The molecule has 2 atom stereocenters. The normalized spacial score (nSPS) is 24.0. The van der Waals surface area contributed by atoms with Gasteiger partial charge >= 0.3 is 0 Å². The number of anilines is 1. The molecule has 2 N–H and O–H groups in total.